The fourth-order valence-electron chi connectivity index (χ4n) is 4.01. The Bertz CT molecular complexity index is 840. The highest BCUT2D eigenvalue weighted by Gasteiger charge is 2.47. The number of benzene rings is 1. The van der Waals surface area contributed by atoms with E-state index < -0.39 is 17.7 Å². The van der Waals surface area contributed by atoms with Crippen LogP contribution in [0.3, 0.4) is 0 Å². The minimum atomic E-state index is -0.584. The molecule has 1 amide bonds. The first kappa shape index (κ1) is 18.2. The number of halogens is 2. The van der Waals surface area contributed by atoms with E-state index in [9.17, 15) is 9.59 Å². The van der Waals surface area contributed by atoms with Crippen molar-refractivity contribution < 1.29 is 9.59 Å². The van der Waals surface area contributed by atoms with E-state index in [2.05, 4.69) is 4.99 Å². The minimum absolute atomic E-state index is 0.0577. The van der Waals surface area contributed by atoms with E-state index in [1.165, 1.54) is 0 Å². The van der Waals surface area contributed by atoms with Crippen LogP contribution in [0.1, 0.15) is 45.1 Å². The number of rotatable bonds is 2. The molecular weight excluding hydrogens is 359 g/mol. The van der Waals surface area contributed by atoms with Crippen LogP contribution < -0.4 is 5.73 Å². The third kappa shape index (κ3) is 3.13. The van der Waals surface area contributed by atoms with E-state index in [1.807, 2.05) is 13.8 Å². The van der Waals surface area contributed by atoms with Crippen LogP contribution in [0.15, 0.2) is 34.5 Å². The van der Waals surface area contributed by atoms with Gasteiger partial charge in [-0.2, -0.15) is 0 Å². The SMILES string of the molecule is CC1=C(C(N)=O)C(c2cccc(Cl)c2Cl)C2C(=O)CC(C)(C)CC2=N1. The van der Waals surface area contributed by atoms with E-state index in [-0.39, 0.29) is 11.2 Å². The first-order chi connectivity index (χ1) is 11.6. The Balaban J connectivity index is 2.24. The molecule has 1 fully saturated rings. The lowest BCUT2D eigenvalue weighted by molar-refractivity contribution is -0.124. The summed E-state index contributed by atoms with van der Waals surface area (Å²) in [6.07, 6.45) is 1.12. The lowest BCUT2D eigenvalue weighted by atomic mass is 9.63. The fraction of sp³-hybridized carbons (Fsp3) is 0.421. The van der Waals surface area contributed by atoms with Crippen LogP contribution in [0.25, 0.3) is 0 Å². The lowest BCUT2D eigenvalue weighted by Gasteiger charge is -2.41. The first-order valence-corrected chi connectivity index (χ1v) is 8.92. The van der Waals surface area contributed by atoms with E-state index in [0.717, 1.165) is 5.71 Å². The first-order valence-electron chi connectivity index (χ1n) is 8.17. The third-order valence-electron chi connectivity index (χ3n) is 4.95. The van der Waals surface area contributed by atoms with Crippen LogP contribution in [0.2, 0.25) is 10.0 Å². The molecule has 0 radical (unpaired) electrons. The second kappa shape index (κ2) is 6.26. The van der Waals surface area contributed by atoms with E-state index in [0.29, 0.717) is 39.7 Å². The molecule has 6 heteroatoms. The van der Waals surface area contributed by atoms with Crippen molar-refractivity contribution in [3.63, 3.8) is 0 Å². The number of carbonyl (C=O) groups excluding carboxylic acids is 2. The van der Waals surface area contributed by atoms with E-state index >= 15 is 0 Å². The normalized spacial score (nSPS) is 25.5. The Morgan fingerprint density at radius 1 is 1.24 bits per heavy atom. The summed E-state index contributed by atoms with van der Waals surface area (Å²) in [6, 6.07) is 5.24. The van der Waals surface area contributed by atoms with Crippen LogP contribution in [0, 0.1) is 11.3 Å². The van der Waals surface area contributed by atoms with Gasteiger partial charge in [0.05, 0.1) is 16.0 Å². The Morgan fingerprint density at radius 3 is 2.56 bits per heavy atom. The van der Waals surface area contributed by atoms with Gasteiger partial charge in [0, 0.05) is 29.3 Å². The topological polar surface area (TPSA) is 72.5 Å². The smallest absolute Gasteiger partial charge is 0.247 e. The molecule has 0 saturated heterocycles. The summed E-state index contributed by atoms with van der Waals surface area (Å²) < 4.78 is 0. The molecule has 25 heavy (non-hydrogen) atoms. The van der Waals surface area contributed by atoms with Crippen LogP contribution in [-0.2, 0) is 9.59 Å². The summed E-state index contributed by atoms with van der Waals surface area (Å²) in [5.41, 5.74) is 7.82. The number of hydrogen-bond acceptors (Lipinski definition) is 3. The summed E-state index contributed by atoms with van der Waals surface area (Å²) in [6.45, 7) is 5.85. The summed E-state index contributed by atoms with van der Waals surface area (Å²) in [5, 5.41) is 0.730. The van der Waals surface area contributed by atoms with Gasteiger partial charge in [0.25, 0.3) is 0 Å². The summed E-state index contributed by atoms with van der Waals surface area (Å²) in [4.78, 5) is 29.7. The molecule has 1 heterocycles. The maximum Gasteiger partial charge on any atom is 0.247 e. The number of Topliss-reactive ketones (excluding diaryl/α,β-unsaturated/α-hetero) is 1. The van der Waals surface area contributed by atoms with Crippen molar-refractivity contribution in [2.24, 2.45) is 22.1 Å². The average molecular weight is 379 g/mol. The molecule has 1 aromatic rings. The predicted octanol–water partition coefficient (Wildman–Crippen LogP) is 4.30. The number of nitrogens with zero attached hydrogens (tertiary/aromatic N) is 1. The van der Waals surface area contributed by atoms with Crippen molar-refractivity contribution >= 4 is 40.6 Å². The van der Waals surface area contributed by atoms with Crippen molar-refractivity contribution in [1.82, 2.24) is 0 Å². The Hall–Kier alpha value is -1.65. The number of hydrogen-bond donors (Lipinski definition) is 1. The Labute approximate surface area is 157 Å². The number of allylic oxidation sites excluding steroid dienone is 1. The maximum atomic E-state index is 13.0. The van der Waals surface area contributed by atoms with Gasteiger partial charge in [0.15, 0.2) is 0 Å². The van der Waals surface area contributed by atoms with Crippen LogP contribution >= 0.6 is 23.2 Å². The van der Waals surface area contributed by atoms with Gasteiger partial charge in [-0.3, -0.25) is 14.6 Å². The number of aliphatic imine (C=N–C) groups is 1. The van der Waals surface area contributed by atoms with Crippen molar-refractivity contribution in [2.45, 2.75) is 39.5 Å². The molecule has 1 saturated carbocycles. The summed E-state index contributed by atoms with van der Waals surface area (Å²) in [7, 11) is 0. The van der Waals surface area contributed by atoms with Crippen LogP contribution in [-0.4, -0.2) is 17.4 Å². The number of fused-ring (bicyclic) bond motifs is 1. The Morgan fingerprint density at radius 2 is 1.92 bits per heavy atom. The molecule has 3 rings (SSSR count). The van der Waals surface area contributed by atoms with Crippen LogP contribution in [0.5, 0.6) is 0 Å². The molecule has 1 aliphatic carbocycles. The van der Waals surface area contributed by atoms with Gasteiger partial charge < -0.3 is 5.73 Å². The van der Waals surface area contributed by atoms with Gasteiger partial charge in [0.2, 0.25) is 5.91 Å². The standard InChI is InChI=1S/C19H20Cl2N2O2/c1-9-14(18(22)25)15(10-5-4-6-11(20)17(10)21)16-12(23-9)7-19(2,3)8-13(16)24/h4-6,15-16H,7-8H2,1-3H3,(H2,22,25). The molecule has 2 N–H and O–H groups in total. The highest BCUT2D eigenvalue weighted by molar-refractivity contribution is 6.42. The molecule has 2 atom stereocenters. The molecule has 132 valence electrons. The van der Waals surface area contributed by atoms with E-state index in [1.54, 1.807) is 25.1 Å². The lowest BCUT2D eigenvalue weighted by Crippen LogP contribution is -2.44. The second-order valence-corrected chi connectivity index (χ2v) is 8.33. The molecule has 4 nitrogen and oxygen atoms in total. The van der Waals surface area contributed by atoms with Gasteiger partial charge in [-0.25, -0.2) is 0 Å². The minimum Gasteiger partial charge on any atom is -0.366 e. The Kier molecular flexibility index (Phi) is 4.54. The second-order valence-electron chi connectivity index (χ2n) is 7.55. The van der Waals surface area contributed by atoms with Crippen molar-refractivity contribution in [1.29, 1.82) is 0 Å². The highest BCUT2D eigenvalue weighted by atomic mass is 35.5. The van der Waals surface area contributed by atoms with Crippen molar-refractivity contribution in [2.75, 3.05) is 0 Å². The van der Waals surface area contributed by atoms with Gasteiger partial charge >= 0.3 is 0 Å². The van der Waals surface area contributed by atoms with Gasteiger partial charge in [-0.1, -0.05) is 49.2 Å². The number of nitrogens with two attached hydrogens (primary N) is 1. The van der Waals surface area contributed by atoms with E-state index in [4.69, 9.17) is 28.9 Å². The maximum absolute atomic E-state index is 13.0. The molecular formula is C19H20Cl2N2O2. The number of carbonyl (C=O) groups is 2. The molecule has 0 aromatic heterocycles. The summed E-state index contributed by atoms with van der Waals surface area (Å²) in [5.74, 6) is -1.59. The number of primary amides is 1. The fourth-order valence-corrected chi connectivity index (χ4v) is 4.44. The molecule has 0 spiro atoms. The zero-order valence-corrected chi connectivity index (χ0v) is 15.9. The molecule has 1 aromatic carbocycles. The monoisotopic (exact) mass is 378 g/mol. The van der Waals surface area contributed by atoms with Crippen molar-refractivity contribution in [3.8, 4) is 0 Å². The summed E-state index contributed by atoms with van der Waals surface area (Å²) >= 11 is 12.6. The molecule has 1 aliphatic heterocycles. The highest BCUT2D eigenvalue weighted by Crippen LogP contribution is 2.48. The zero-order valence-electron chi connectivity index (χ0n) is 14.4. The molecule has 2 unspecified atom stereocenters. The van der Waals surface area contributed by atoms with Crippen LogP contribution in [0.4, 0.5) is 0 Å². The van der Waals surface area contributed by atoms with Gasteiger partial charge in [0.1, 0.15) is 5.78 Å². The average Bonchev–Trinajstić information content (AvgIpc) is 2.46. The molecule has 2 aliphatic rings. The quantitative estimate of drug-likeness (QED) is 0.832. The largest absolute Gasteiger partial charge is 0.366 e. The number of ketones is 1. The van der Waals surface area contributed by atoms with Crippen molar-refractivity contribution in [3.05, 3.63) is 45.1 Å². The van der Waals surface area contributed by atoms with Gasteiger partial charge in [-0.05, 0) is 30.4 Å². The third-order valence-corrected chi connectivity index (χ3v) is 5.78. The van der Waals surface area contributed by atoms with Gasteiger partial charge in [-0.15, -0.1) is 0 Å². The zero-order chi connectivity index (χ0) is 18.5. The predicted molar refractivity (Wildman–Crippen MR) is 100 cm³/mol. The molecule has 0 bridgehead atoms. The number of amides is 1.